The smallest absolute Gasteiger partial charge is 0.338 e. The number of hydrogen-bond acceptors (Lipinski definition) is 4. The third kappa shape index (κ3) is 2.66. The predicted octanol–water partition coefficient (Wildman–Crippen LogP) is 2.43. The van der Waals surface area contributed by atoms with Crippen molar-refractivity contribution in [2.45, 2.75) is 12.5 Å². The highest BCUT2D eigenvalue weighted by Crippen LogP contribution is 2.25. The molecule has 6 heteroatoms. The van der Waals surface area contributed by atoms with Gasteiger partial charge >= 0.3 is 11.3 Å². The first kappa shape index (κ1) is 13.1. The number of nitrogens with zero attached hydrogens (tertiary/aromatic N) is 1. The highest BCUT2D eigenvalue weighted by molar-refractivity contribution is 7.79. The lowest BCUT2D eigenvalue weighted by Gasteiger charge is -2.15. The van der Waals surface area contributed by atoms with E-state index in [1.807, 2.05) is 18.2 Å². The molecule has 20 heavy (non-hydrogen) atoms. The van der Waals surface area contributed by atoms with Crippen molar-refractivity contribution in [1.29, 1.82) is 0 Å². The van der Waals surface area contributed by atoms with Gasteiger partial charge in [0.05, 0.1) is 6.10 Å². The van der Waals surface area contributed by atoms with Crippen LogP contribution in [0.3, 0.4) is 0 Å². The second-order valence-corrected chi connectivity index (χ2v) is 5.31. The van der Waals surface area contributed by atoms with E-state index in [-0.39, 0.29) is 6.10 Å². The van der Waals surface area contributed by atoms with Crippen LogP contribution in [-0.2, 0) is 20.3 Å². The molecule has 1 N–H and O–H groups in total. The van der Waals surface area contributed by atoms with Crippen LogP contribution >= 0.6 is 0 Å². The third-order valence-corrected chi connectivity index (χ3v) is 3.84. The van der Waals surface area contributed by atoms with Crippen molar-refractivity contribution in [3.05, 3.63) is 48.0 Å². The Bertz CT molecular complexity index is 687. The summed E-state index contributed by atoms with van der Waals surface area (Å²) < 4.78 is 23.8. The summed E-state index contributed by atoms with van der Waals surface area (Å²) in [5, 5.41) is 6.06. The van der Waals surface area contributed by atoms with E-state index in [0.717, 1.165) is 10.9 Å². The monoisotopic (exact) mass is 290 g/mol. The fraction of sp³-hybridized carbons (Fsp3) is 0.214. The average molecular weight is 290 g/mol. The molecule has 2 unspecified atom stereocenters. The maximum atomic E-state index is 11.1. The largest absolute Gasteiger partial charge is 0.376 e. The van der Waals surface area contributed by atoms with Gasteiger partial charge in [0.15, 0.2) is 5.84 Å². The van der Waals surface area contributed by atoms with E-state index in [1.165, 1.54) is 5.39 Å². The van der Waals surface area contributed by atoms with Crippen LogP contribution in [-0.4, -0.2) is 17.2 Å². The second kappa shape index (κ2) is 5.60. The Kier molecular flexibility index (Phi) is 3.66. The molecule has 0 bridgehead atoms. The van der Waals surface area contributed by atoms with Gasteiger partial charge in [0.25, 0.3) is 0 Å². The van der Waals surface area contributed by atoms with Crippen molar-refractivity contribution in [2.24, 2.45) is 5.16 Å². The predicted molar refractivity (Wildman–Crippen MR) is 78.1 cm³/mol. The molecule has 0 saturated heterocycles. The number of amidine groups is 1. The van der Waals surface area contributed by atoms with Crippen molar-refractivity contribution in [2.75, 3.05) is 7.11 Å². The molecule has 0 radical (unpaired) electrons. The average Bonchev–Trinajstić information content (AvgIpc) is 2.89. The lowest BCUT2D eigenvalue weighted by atomic mass is 10.0. The van der Waals surface area contributed by atoms with Crippen molar-refractivity contribution in [3.63, 3.8) is 0 Å². The van der Waals surface area contributed by atoms with Crippen LogP contribution in [0.15, 0.2) is 47.6 Å². The topological polar surface area (TPSA) is 59.9 Å². The number of benzene rings is 2. The van der Waals surface area contributed by atoms with Gasteiger partial charge in [-0.3, -0.25) is 9.01 Å². The van der Waals surface area contributed by atoms with E-state index in [2.05, 4.69) is 38.4 Å². The molecular formula is C14H14N2O3S. The molecule has 2 aromatic rings. The van der Waals surface area contributed by atoms with E-state index in [0.29, 0.717) is 12.3 Å². The Balaban J connectivity index is 1.85. The zero-order valence-electron chi connectivity index (χ0n) is 10.9. The maximum Gasteiger partial charge on any atom is 0.338 e. The molecular weight excluding hydrogens is 276 g/mol. The number of rotatable bonds is 4. The number of nitrogens with one attached hydrogen (secondary N) is 1. The van der Waals surface area contributed by atoms with Crippen LogP contribution in [0.1, 0.15) is 18.1 Å². The summed E-state index contributed by atoms with van der Waals surface area (Å²) in [5.41, 5.74) is 1.05. The minimum atomic E-state index is -1.56. The number of fused-ring (bicyclic) bond motifs is 1. The fourth-order valence-corrected chi connectivity index (χ4v) is 2.72. The summed E-state index contributed by atoms with van der Waals surface area (Å²) in [5.74, 6) is 0.531. The summed E-state index contributed by atoms with van der Waals surface area (Å²) in [6, 6.07) is 14.3. The van der Waals surface area contributed by atoms with Crippen molar-refractivity contribution < 1.29 is 13.2 Å². The molecule has 1 heterocycles. The minimum Gasteiger partial charge on any atom is -0.376 e. The van der Waals surface area contributed by atoms with Crippen molar-refractivity contribution in [1.82, 2.24) is 4.72 Å². The van der Waals surface area contributed by atoms with Crippen LogP contribution in [0.25, 0.3) is 10.8 Å². The number of ether oxygens (including phenoxy) is 1. The van der Waals surface area contributed by atoms with Gasteiger partial charge in [0, 0.05) is 13.5 Å². The van der Waals surface area contributed by atoms with E-state index < -0.39 is 11.3 Å². The number of oxime groups is 1. The lowest BCUT2D eigenvalue weighted by molar-refractivity contribution is 0.109. The molecule has 0 fully saturated rings. The van der Waals surface area contributed by atoms with Crippen LogP contribution < -0.4 is 4.72 Å². The van der Waals surface area contributed by atoms with Gasteiger partial charge in [-0.25, -0.2) is 0 Å². The molecule has 0 aromatic heterocycles. The molecule has 0 spiro atoms. The molecule has 2 aromatic carbocycles. The third-order valence-electron chi connectivity index (χ3n) is 3.22. The van der Waals surface area contributed by atoms with Gasteiger partial charge in [-0.15, -0.1) is 0 Å². The molecule has 1 aliphatic rings. The minimum absolute atomic E-state index is 0.162. The van der Waals surface area contributed by atoms with Crippen LogP contribution in [0, 0.1) is 0 Å². The molecule has 2 atom stereocenters. The molecule has 5 nitrogen and oxygen atoms in total. The second-order valence-electron chi connectivity index (χ2n) is 4.48. The van der Waals surface area contributed by atoms with E-state index in [9.17, 15) is 4.21 Å². The van der Waals surface area contributed by atoms with Crippen molar-refractivity contribution >= 4 is 27.9 Å². The summed E-state index contributed by atoms with van der Waals surface area (Å²) in [6.45, 7) is 0. The Labute approximate surface area is 119 Å². The zero-order chi connectivity index (χ0) is 13.9. The number of methoxy groups -OCH3 is 1. The molecule has 3 rings (SSSR count). The highest BCUT2D eigenvalue weighted by Gasteiger charge is 2.20. The Morgan fingerprint density at radius 1 is 1.30 bits per heavy atom. The van der Waals surface area contributed by atoms with E-state index in [4.69, 9.17) is 4.74 Å². The van der Waals surface area contributed by atoms with E-state index >= 15 is 0 Å². The first-order valence-corrected chi connectivity index (χ1v) is 7.28. The quantitative estimate of drug-likeness (QED) is 0.940. The Hall–Kier alpha value is -1.92. The van der Waals surface area contributed by atoms with Crippen LogP contribution in [0.4, 0.5) is 0 Å². The fourth-order valence-electron chi connectivity index (χ4n) is 2.21. The van der Waals surface area contributed by atoms with E-state index in [1.54, 1.807) is 7.11 Å². The van der Waals surface area contributed by atoms with Gasteiger partial charge in [0.2, 0.25) is 0 Å². The first-order chi connectivity index (χ1) is 9.76. The van der Waals surface area contributed by atoms with Crippen molar-refractivity contribution in [3.8, 4) is 0 Å². The molecule has 104 valence electrons. The van der Waals surface area contributed by atoms with Gasteiger partial charge in [-0.05, 0) is 22.4 Å². The number of hydrogen-bond donors (Lipinski definition) is 1. The Morgan fingerprint density at radius 2 is 2.10 bits per heavy atom. The molecule has 1 aliphatic heterocycles. The summed E-state index contributed by atoms with van der Waals surface area (Å²) in [7, 11) is 1.65. The van der Waals surface area contributed by atoms with Crippen LogP contribution in [0.2, 0.25) is 0 Å². The molecule has 0 aliphatic carbocycles. The normalized spacial score (nSPS) is 19.2. The Morgan fingerprint density at radius 3 is 2.80 bits per heavy atom. The molecule has 0 amide bonds. The lowest BCUT2D eigenvalue weighted by Crippen LogP contribution is -2.22. The SMILES string of the molecule is COC(CC1=NOS(=O)N1)c1ccc2ccccc2c1. The zero-order valence-corrected chi connectivity index (χ0v) is 11.7. The van der Waals surface area contributed by atoms with Crippen LogP contribution in [0.5, 0.6) is 0 Å². The van der Waals surface area contributed by atoms with Gasteiger partial charge in [-0.1, -0.05) is 41.6 Å². The summed E-state index contributed by atoms with van der Waals surface area (Å²) in [6.07, 6.45) is 0.324. The molecule has 0 saturated carbocycles. The standard InChI is InChI=1S/C14H14N2O3S/c1-18-13(9-14-15-19-20(17)16-14)12-7-6-10-4-2-3-5-11(10)8-12/h2-8,13H,9H2,1H3,(H,15,16). The van der Waals surface area contributed by atoms with Gasteiger partial charge < -0.3 is 4.74 Å². The summed E-state index contributed by atoms with van der Waals surface area (Å²) in [4.78, 5) is 0. The van der Waals surface area contributed by atoms with Gasteiger partial charge in [-0.2, -0.15) is 4.21 Å². The highest BCUT2D eigenvalue weighted by atomic mass is 32.2. The summed E-state index contributed by atoms with van der Waals surface area (Å²) >= 11 is -1.56. The first-order valence-electron chi connectivity index (χ1n) is 6.20. The van der Waals surface area contributed by atoms with Gasteiger partial charge in [0.1, 0.15) is 0 Å². The maximum absolute atomic E-state index is 11.1.